The fourth-order valence-electron chi connectivity index (χ4n) is 3.37. The smallest absolute Gasteiger partial charge is 0.269 e. The number of non-ortho nitro benzene ring substituents is 1. The van der Waals surface area contributed by atoms with Crippen LogP contribution in [0.4, 0.5) is 5.69 Å². The minimum Gasteiger partial charge on any atom is -0.497 e. The van der Waals surface area contributed by atoms with Crippen LogP contribution in [0.15, 0.2) is 36.4 Å². The molecule has 1 heterocycles. The van der Waals surface area contributed by atoms with Crippen molar-refractivity contribution in [1.82, 2.24) is 5.32 Å². The Balaban J connectivity index is 1.73. The molecule has 2 aromatic carbocycles. The van der Waals surface area contributed by atoms with Crippen molar-refractivity contribution in [3.05, 3.63) is 63.2 Å². The molecule has 3 rings (SSSR count). The number of rotatable bonds is 8. The summed E-state index contributed by atoms with van der Waals surface area (Å²) in [6.45, 7) is 2.06. The predicted octanol–water partition coefficient (Wildman–Crippen LogP) is 2.11. The molecular formula is C20H24N2O6. The lowest BCUT2D eigenvalue weighted by molar-refractivity contribution is -0.384. The van der Waals surface area contributed by atoms with Crippen LogP contribution in [0.25, 0.3) is 0 Å². The number of ether oxygens (including phenoxy) is 2. The van der Waals surface area contributed by atoms with Crippen molar-refractivity contribution in [3.8, 4) is 11.5 Å². The molecule has 0 aromatic heterocycles. The van der Waals surface area contributed by atoms with Crippen molar-refractivity contribution in [2.75, 3.05) is 13.7 Å². The first-order valence-corrected chi connectivity index (χ1v) is 9.06. The van der Waals surface area contributed by atoms with E-state index in [2.05, 4.69) is 5.32 Å². The summed E-state index contributed by atoms with van der Waals surface area (Å²) in [5.74, 6) is 1.53. The van der Waals surface area contributed by atoms with E-state index in [9.17, 15) is 20.3 Å². The lowest BCUT2D eigenvalue weighted by Crippen LogP contribution is -2.37. The van der Waals surface area contributed by atoms with Crippen molar-refractivity contribution in [3.63, 3.8) is 0 Å². The van der Waals surface area contributed by atoms with Crippen LogP contribution in [-0.2, 0) is 13.0 Å². The lowest BCUT2D eigenvalue weighted by Gasteiger charge is -2.23. The van der Waals surface area contributed by atoms with Gasteiger partial charge in [0.2, 0.25) is 0 Å². The molecule has 0 saturated heterocycles. The van der Waals surface area contributed by atoms with Gasteiger partial charge in [0, 0.05) is 36.2 Å². The van der Waals surface area contributed by atoms with Gasteiger partial charge in [-0.25, -0.2) is 0 Å². The van der Waals surface area contributed by atoms with Gasteiger partial charge in [-0.15, -0.1) is 0 Å². The molecule has 0 amide bonds. The summed E-state index contributed by atoms with van der Waals surface area (Å²) < 4.78 is 11.3. The third kappa shape index (κ3) is 4.24. The van der Waals surface area contributed by atoms with Gasteiger partial charge in [0.05, 0.1) is 30.8 Å². The Morgan fingerprint density at radius 3 is 2.68 bits per heavy atom. The SMILES string of the molecule is COc1cc(CNC(CO)C(O)c2ccc([N+](=O)[O-])cc2)c2c(c1)CC(C)O2. The van der Waals surface area contributed by atoms with E-state index in [4.69, 9.17) is 9.47 Å². The Bertz CT molecular complexity index is 839. The number of methoxy groups -OCH3 is 1. The quantitative estimate of drug-likeness (QED) is 0.469. The average molecular weight is 388 g/mol. The number of benzene rings is 2. The third-order valence-corrected chi connectivity index (χ3v) is 4.86. The Kier molecular flexibility index (Phi) is 6.13. The van der Waals surface area contributed by atoms with Crippen LogP contribution in [-0.4, -0.2) is 41.0 Å². The van der Waals surface area contributed by atoms with E-state index in [-0.39, 0.29) is 18.4 Å². The number of nitro benzene ring substituents is 1. The molecule has 0 fully saturated rings. The van der Waals surface area contributed by atoms with Gasteiger partial charge in [0.1, 0.15) is 17.6 Å². The molecule has 0 bridgehead atoms. The Labute approximate surface area is 162 Å². The summed E-state index contributed by atoms with van der Waals surface area (Å²) in [4.78, 5) is 10.3. The number of nitrogens with zero attached hydrogens (tertiary/aromatic N) is 1. The predicted molar refractivity (Wildman–Crippen MR) is 103 cm³/mol. The van der Waals surface area contributed by atoms with Crippen LogP contribution >= 0.6 is 0 Å². The van der Waals surface area contributed by atoms with Crippen molar-refractivity contribution >= 4 is 5.69 Å². The van der Waals surface area contributed by atoms with Gasteiger partial charge >= 0.3 is 0 Å². The maximum atomic E-state index is 10.8. The summed E-state index contributed by atoms with van der Waals surface area (Å²) in [6.07, 6.45) is -0.140. The van der Waals surface area contributed by atoms with Gasteiger partial charge in [-0.1, -0.05) is 0 Å². The van der Waals surface area contributed by atoms with Crippen molar-refractivity contribution < 1.29 is 24.6 Å². The number of aliphatic hydroxyl groups excluding tert-OH is 2. The highest BCUT2D eigenvalue weighted by Gasteiger charge is 2.25. The molecule has 0 aliphatic carbocycles. The fraction of sp³-hybridized carbons (Fsp3) is 0.400. The highest BCUT2D eigenvalue weighted by molar-refractivity contribution is 5.49. The zero-order valence-corrected chi connectivity index (χ0v) is 15.8. The molecule has 0 saturated carbocycles. The molecule has 8 nitrogen and oxygen atoms in total. The number of nitro groups is 1. The maximum Gasteiger partial charge on any atom is 0.269 e. The molecule has 3 unspecified atom stereocenters. The number of hydrogen-bond donors (Lipinski definition) is 3. The molecule has 8 heteroatoms. The molecule has 150 valence electrons. The van der Waals surface area contributed by atoms with Gasteiger partial charge in [0.25, 0.3) is 5.69 Å². The lowest BCUT2D eigenvalue weighted by atomic mass is 10.0. The van der Waals surface area contributed by atoms with Crippen LogP contribution < -0.4 is 14.8 Å². The monoisotopic (exact) mass is 388 g/mol. The molecular weight excluding hydrogens is 364 g/mol. The summed E-state index contributed by atoms with van der Waals surface area (Å²) in [7, 11) is 1.60. The van der Waals surface area contributed by atoms with E-state index in [1.54, 1.807) is 7.11 Å². The van der Waals surface area contributed by atoms with Crippen LogP contribution in [0.2, 0.25) is 0 Å². The minimum absolute atomic E-state index is 0.0531. The topological polar surface area (TPSA) is 114 Å². The summed E-state index contributed by atoms with van der Waals surface area (Å²) in [6, 6.07) is 8.81. The molecule has 2 aromatic rings. The zero-order valence-electron chi connectivity index (χ0n) is 15.8. The van der Waals surface area contributed by atoms with Gasteiger partial charge in [-0.2, -0.15) is 0 Å². The number of hydrogen-bond acceptors (Lipinski definition) is 7. The molecule has 0 radical (unpaired) electrons. The second-order valence-electron chi connectivity index (χ2n) is 6.87. The van der Waals surface area contributed by atoms with Crippen molar-refractivity contribution in [1.29, 1.82) is 0 Å². The zero-order chi connectivity index (χ0) is 20.3. The molecule has 3 atom stereocenters. The number of nitrogens with one attached hydrogen (secondary N) is 1. The van der Waals surface area contributed by atoms with E-state index in [1.165, 1.54) is 24.3 Å². The average Bonchev–Trinajstić information content (AvgIpc) is 3.08. The highest BCUT2D eigenvalue weighted by atomic mass is 16.6. The minimum atomic E-state index is -1.02. The first kappa shape index (κ1) is 20.1. The van der Waals surface area contributed by atoms with Crippen molar-refractivity contribution in [2.24, 2.45) is 0 Å². The van der Waals surface area contributed by atoms with Crippen LogP contribution in [0.1, 0.15) is 29.7 Å². The maximum absolute atomic E-state index is 10.8. The molecule has 28 heavy (non-hydrogen) atoms. The standard InChI is InChI=1S/C20H24N2O6/c1-12-7-14-8-17(27-2)9-15(20(14)28-12)10-21-18(11-23)19(24)13-3-5-16(6-4-13)22(25)26/h3-6,8-9,12,18-19,21,23-24H,7,10-11H2,1-2H3. The second-order valence-corrected chi connectivity index (χ2v) is 6.87. The van der Waals surface area contributed by atoms with E-state index in [0.29, 0.717) is 12.1 Å². The number of fused-ring (bicyclic) bond motifs is 1. The first-order valence-electron chi connectivity index (χ1n) is 9.06. The van der Waals surface area contributed by atoms with E-state index < -0.39 is 17.1 Å². The Morgan fingerprint density at radius 1 is 1.36 bits per heavy atom. The fourth-order valence-corrected chi connectivity index (χ4v) is 3.37. The molecule has 3 N–H and O–H groups in total. The second kappa shape index (κ2) is 8.55. The number of aliphatic hydroxyl groups is 2. The molecule has 0 spiro atoms. The summed E-state index contributed by atoms with van der Waals surface area (Å²) in [5.41, 5.74) is 2.38. The van der Waals surface area contributed by atoms with E-state index in [0.717, 1.165) is 29.0 Å². The van der Waals surface area contributed by atoms with Crippen molar-refractivity contribution in [2.45, 2.75) is 38.1 Å². The van der Waals surface area contributed by atoms with Gasteiger partial charge in [0.15, 0.2) is 0 Å². The largest absolute Gasteiger partial charge is 0.497 e. The van der Waals surface area contributed by atoms with Crippen LogP contribution in [0, 0.1) is 10.1 Å². The molecule has 1 aliphatic rings. The normalized spacial score (nSPS) is 17.5. The van der Waals surface area contributed by atoms with E-state index in [1.807, 2.05) is 19.1 Å². The summed E-state index contributed by atoms with van der Waals surface area (Å²) >= 11 is 0. The van der Waals surface area contributed by atoms with Crippen LogP contribution in [0.3, 0.4) is 0 Å². The Hall–Kier alpha value is -2.68. The van der Waals surface area contributed by atoms with E-state index >= 15 is 0 Å². The highest BCUT2D eigenvalue weighted by Crippen LogP contribution is 2.36. The van der Waals surface area contributed by atoms with Gasteiger partial charge in [-0.05, 0) is 36.8 Å². The first-order chi connectivity index (χ1) is 13.4. The third-order valence-electron chi connectivity index (χ3n) is 4.86. The molecule has 1 aliphatic heterocycles. The Morgan fingerprint density at radius 2 is 2.07 bits per heavy atom. The van der Waals surface area contributed by atoms with Gasteiger partial charge in [-0.3, -0.25) is 10.1 Å². The van der Waals surface area contributed by atoms with Gasteiger partial charge < -0.3 is 25.0 Å². The summed E-state index contributed by atoms with van der Waals surface area (Å²) in [5, 5.41) is 34.2. The van der Waals surface area contributed by atoms with Crippen LogP contribution in [0.5, 0.6) is 11.5 Å².